The van der Waals surface area contributed by atoms with Crippen LogP contribution in [0, 0.1) is 5.92 Å². The number of likely N-dealkylation sites (tertiary alicyclic amines) is 1. The maximum Gasteiger partial charge on any atom is 0.573 e. The van der Waals surface area contributed by atoms with Crippen molar-refractivity contribution >= 4 is 29.3 Å². The van der Waals surface area contributed by atoms with Gasteiger partial charge in [0.05, 0.1) is 5.69 Å². The van der Waals surface area contributed by atoms with Gasteiger partial charge in [-0.15, -0.1) is 24.9 Å². The normalized spacial score (nSPS) is 19.5. The summed E-state index contributed by atoms with van der Waals surface area (Å²) in [5.74, 6) is -2.85. The van der Waals surface area contributed by atoms with E-state index >= 15 is 0 Å². The Kier molecular flexibility index (Phi) is 6.60. The number of carbonyl (C=O) groups excluding carboxylic acids is 2. The number of benzene rings is 2. The van der Waals surface area contributed by atoms with E-state index in [2.05, 4.69) is 10.1 Å². The van der Waals surface area contributed by atoms with Crippen molar-refractivity contribution in [3.8, 4) is 5.75 Å². The summed E-state index contributed by atoms with van der Waals surface area (Å²) >= 11 is 1.46. The van der Waals surface area contributed by atoms with E-state index in [4.69, 9.17) is 0 Å². The Balaban J connectivity index is 1.90. The second-order valence-electron chi connectivity index (χ2n) is 6.94. The molecular weight excluding hydrogens is 417 g/mol. The lowest BCUT2D eigenvalue weighted by molar-refractivity contribution is -0.274. The molecule has 5 nitrogen and oxygen atoms in total. The molecule has 9 heteroatoms. The fourth-order valence-corrected chi connectivity index (χ4v) is 4.13. The highest BCUT2D eigenvalue weighted by atomic mass is 32.2. The first-order valence-corrected chi connectivity index (χ1v) is 10.5. The van der Waals surface area contributed by atoms with Gasteiger partial charge in [-0.05, 0) is 42.5 Å². The predicted octanol–water partition coefficient (Wildman–Crippen LogP) is 4.51. The van der Waals surface area contributed by atoms with Crippen LogP contribution < -0.4 is 10.1 Å². The number of carbonyl (C=O) groups is 2. The Hall–Kier alpha value is -2.68. The monoisotopic (exact) mass is 438 g/mol. The molecule has 1 aliphatic rings. The SMILES string of the molecule is CSc1ccccc1NC(=O)[C@H]1C(=O)N(C)CC[C@@H]1c1cccc(OC(F)(F)F)c1. The number of halogens is 3. The highest BCUT2D eigenvalue weighted by Crippen LogP contribution is 2.37. The van der Waals surface area contributed by atoms with E-state index in [0.717, 1.165) is 4.90 Å². The third kappa shape index (κ3) is 5.08. The summed E-state index contributed by atoms with van der Waals surface area (Å²) in [7, 11) is 1.61. The number of ether oxygens (including phenoxy) is 1. The number of piperidine rings is 1. The lowest BCUT2D eigenvalue weighted by Gasteiger charge is -2.35. The van der Waals surface area contributed by atoms with Crippen LogP contribution in [-0.2, 0) is 9.59 Å². The molecule has 30 heavy (non-hydrogen) atoms. The van der Waals surface area contributed by atoms with Gasteiger partial charge in [0, 0.05) is 24.4 Å². The standard InChI is InChI=1S/C21H21F3N2O3S/c1-26-11-10-15(13-6-5-7-14(12-13)29-21(22,23)24)18(20(26)28)19(27)25-16-8-3-4-9-17(16)30-2/h3-9,12,15,18H,10-11H2,1-2H3,(H,25,27)/t15-,18+/m1/s1. The maximum atomic E-state index is 13.1. The second-order valence-corrected chi connectivity index (χ2v) is 7.79. The topological polar surface area (TPSA) is 58.6 Å². The number of para-hydroxylation sites is 1. The van der Waals surface area contributed by atoms with E-state index in [0.29, 0.717) is 24.2 Å². The molecule has 0 saturated carbocycles. The Bertz CT molecular complexity index is 936. The largest absolute Gasteiger partial charge is 0.573 e. The quantitative estimate of drug-likeness (QED) is 0.551. The molecular formula is C21H21F3N2O3S. The number of thioether (sulfide) groups is 1. The molecule has 3 rings (SSSR count). The molecule has 0 bridgehead atoms. The zero-order valence-electron chi connectivity index (χ0n) is 16.4. The van der Waals surface area contributed by atoms with Crippen LogP contribution in [0.1, 0.15) is 17.9 Å². The number of hydrogen-bond acceptors (Lipinski definition) is 4. The molecule has 0 radical (unpaired) electrons. The molecule has 0 aliphatic carbocycles. The minimum Gasteiger partial charge on any atom is -0.406 e. The third-order valence-corrected chi connectivity index (χ3v) is 5.78. The van der Waals surface area contributed by atoms with E-state index in [1.807, 2.05) is 18.4 Å². The van der Waals surface area contributed by atoms with Gasteiger partial charge >= 0.3 is 6.36 Å². The van der Waals surface area contributed by atoms with Crippen molar-refractivity contribution < 1.29 is 27.5 Å². The van der Waals surface area contributed by atoms with Crippen LogP contribution in [0.2, 0.25) is 0 Å². The smallest absolute Gasteiger partial charge is 0.406 e. The van der Waals surface area contributed by atoms with E-state index in [1.165, 1.54) is 34.9 Å². The van der Waals surface area contributed by atoms with Gasteiger partial charge in [0.1, 0.15) is 11.7 Å². The summed E-state index contributed by atoms with van der Waals surface area (Å²) in [5.41, 5.74) is 1.04. The van der Waals surface area contributed by atoms with Crippen LogP contribution in [0.25, 0.3) is 0 Å². The third-order valence-electron chi connectivity index (χ3n) is 4.99. The second kappa shape index (κ2) is 8.99. The first kappa shape index (κ1) is 22.0. The Morgan fingerprint density at radius 1 is 1.20 bits per heavy atom. The van der Waals surface area contributed by atoms with E-state index < -0.39 is 24.1 Å². The fraction of sp³-hybridized carbons (Fsp3) is 0.333. The minimum absolute atomic E-state index is 0.368. The first-order chi connectivity index (χ1) is 14.2. The maximum absolute atomic E-state index is 13.1. The molecule has 1 heterocycles. The van der Waals surface area contributed by atoms with E-state index in [9.17, 15) is 22.8 Å². The van der Waals surface area contributed by atoms with E-state index in [-0.39, 0.29) is 11.7 Å². The van der Waals surface area contributed by atoms with Crippen molar-refractivity contribution in [3.63, 3.8) is 0 Å². The van der Waals surface area contributed by atoms with Crippen LogP contribution in [0.15, 0.2) is 53.4 Å². The van der Waals surface area contributed by atoms with Crippen LogP contribution >= 0.6 is 11.8 Å². The Labute approximate surface area is 176 Å². The highest BCUT2D eigenvalue weighted by molar-refractivity contribution is 7.98. The van der Waals surface area contributed by atoms with Crippen molar-refractivity contribution in [1.82, 2.24) is 4.90 Å². The highest BCUT2D eigenvalue weighted by Gasteiger charge is 2.41. The summed E-state index contributed by atoms with van der Waals surface area (Å²) < 4.78 is 41.8. The van der Waals surface area contributed by atoms with Gasteiger partial charge in [-0.25, -0.2) is 0 Å². The lowest BCUT2D eigenvalue weighted by atomic mass is 9.79. The van der Waals surface area contributed by atoms with Gasteiger partial charge in [0.2, 0.25) is 11.8 Å². The first-order valence-electron chi connectivity index (χ1n) is 9.24. The van der Waals surface area contributed by atoms with Gasteiger partial charge in [-0.2, -0.15) is 0 Å². The van der Waals surface area contributed by atoms with Gasteiger partial charge in [0.15, 0.2) is 0 Å². The van der Waals surface area contributed by atoms with Crippen molar-refractivity contribution in [2.24, 2.45) is 5.92 Å². The fourth-order valence-electron chi connectivity index (χ4n) is 3.57. The molecule has 160 valence electrons. The Morgan fingerprint density at radius 2 is 1.93 bits per heavy atom. The Morgan fingerprint density at radius 3 is 2.63 bits per heavy atom. The van der Waals surface area contributed by atoms with Crippen LogP contribution in [0.5, 0.6) is 5.75 Å². The summed E-state index contributed by atoms with van der Waals surface area (Å²) in [6, 6.07) is 12.7. The zero-order valence-corrected chi connectivity index (χ0v) is 17.2. The predicted molar refractivity (Wildman–Crippen MR) is 108 cm³/mol. The van der Waals surface area contributed by atoms with Crippen molar-refractivity contribution in [2.45, 2.75) is 23.6 Å². The molecule has 2 atom stereocenters. The molecule has 0 spiro atoms. The van der Waals surface area contributed by atoms with Crippen molar-refractivity contribution in [2.75, 3.05) is 25.2 Å². The number of nitrogens with one attached hydrogen (secondary N) is 1. The van der Waals surface area contributed by atoms with E-state index in [1.54, 1.807) is 25.2 Å². The minimum atomic E-state index is -4.82. The van der Waals surface area contributed by atoms with Crippen LogP contribution in [0.4, 0.5) is 18.9 Å². The lowest BCUT2D eigenvalue weighted by Crippen LogP contribution is -2.47. The summed E-state index contributed by atoms with van der Waals surface area (Å²) in [6.07, 6.45) is -2.50. The number of rotatable bonds is 5. The van der Waals surface area contributed by atoms with Gasteiger partial charge in [-0.3, -0.25) is 9.59 Å². The zero-order chi connectivity index (χ0) is 21.9. The number of alkyl halides is 3. The summed E-state index contributed by atoms with van der Waals surface area (Å²) in [4.78, 5) is 28.3. The molecule has 1 fully saturated rings. The van der Waals surface area contributed by atoms with Crippen molar-refractivity contribution in [1.29, 1.82) is 0 Å². The molecule has 0 aromatic heterocycles. The molecule has 1 N–H and O–H groups in total. The number of amides is 2. The van der Waals surface area contributed by atoms with Gasteiger partial charge in [-0.1, -0.05) is 24.3 Å². The van der Waals surface area contributed by atoms with Crippen LogP contribution in [0.3, 0.4) is 0 Å². The molecule has 2 aromatic rings. The number of nitrogens with zero attached hydrogens (tertiary/aromatic N) is 1. The van der Waals surface area contributed by atoms with Gasteiger partial charge in [0.25, 0.3) is 0 Å². The number of hydrogen-bond donors (Lipinski definition) is 1. The average Bonchev–Trinajstić information content (AvgIpc) is 2.69. The molecule has 2 aromatic carbocycles. The van der Waals surface area contributed by atoms with Gasteiger partial charge < -0.3 is 15.0 Å². The molecule has 1 saturated heterocycles. The van der Waals surface area contributed by atoms with Crippen LogP contribution in [-0.4, -0.2) is 42.9 Å². The van der Waals surface area contributed by atoms with Crippen molar-refractivity contribution in [3.05, 3.63) is 54.1 Å². The number of anilines is 1. The molecule has 0 unspecified atom stereocenters. The molecule has 1 aliphatic heterocycles. The summed E-state index contributed by atoms with van der Waals surface area (Å²) in [6.45, 7) is 0.402. The summed E-state index contributed by atoms with van der Waals surface area (Å²) in [5, 5.41) is 2.82. The average molecular weight is 438 g/mol. The molecule has 2 amide bonds.